The van der Waals surface area contributed by atoms with Crippen molar-refractivity contribution in [1.82, 2.24) is 0 Å². The molecular formula is C15H20O3. The second-order valence-corrected chi connectivity index (χ2v) is 7.05. The molecule has 0 bridgehead atoms. The molecule has 4 rings (SSSR count). The Morgan fingerprint density at radius 3 is 2.83 bits per heavy atom. The molecule has 4 aliphatic rings. The van der Waals surface area contributed by atoms with Gasteiger partial charge in [0.15, 0.2) is 0 Å². The van der Waals surface area contributed by atoms with E-state index in [1.54, 1.807) is 0 Å². The average molecular weight is 248 g/mol. The maximum Gasteiger partial charge on any atom is 0.317 e. The topological polar surface area (TPSA) is 38.8 Å². The summed E-state index contributed by atoms with van der Waals surface area (Å²) >= 11 is 0. The van der Waals surface area contributed by atoms with Crippen molar-refractivity contribution in [3.8, 4) is 0 Å². The molecule has 5 atom stereocenters. The number of rotatable bonds is 0. The molecule has 0 unspecified atom stereocenters. The Hall–Kier alpha value is -0.830. The zero-order valence-electron chi connectivity index (χ0n) is 11.2. The van der Waals surface area contributed by atoms with E-state index in [4.69, 9.17) is 9.47 Å². The Bertz CT molecular complexity index is 464. The van der Waals surface area contributed by atoms with Crippen LogP contribution >= 0.6 is 0 Å². The zero-order valence-corrected chi connectivity index (χ0v) is 11.2. The second kappa shape index (κ2) is 3.01. The van der Waals surface area contributed by atoms with E-state index in [0.29, 0.717) is 11.8 Å². The molecule has 0 amide bonds. The number of ether oxygens (including phenoxy) is 2. The number of esters is 1. The third kappa shape index (κ3) is 1.04. The van der Waals surface area contributed by atoms with Crippen LogP contribution in [0.4, 0.5) is 0 Å². The molecule has 3 heteroatoms. The van der Waals surface area contributed by atoms with Crippen molar-refractivity contribution < 1.29 is 14.3 Å². The van der Waals surface area contributed by atoms with E-state index < -0.39 is 0 Å². The third-order valence-electron chi connectivity index (χ3n) is 6.02. The zero-order chi connectivity index (χ0) is 12.7. The molecule has 2 heterocycles. The van der Waals surface area contributed by atoms with Gasteiger partial charge in [0.25, 0.3) is 0 Å². The van der Waals surface area contributed by atoms with Gasteiger partial charge in [-0.1, -0.05) is 25.5 Å². The van der Waals surface area contributed by atoms with Gasteiger partial charge in [-0.25, -0.2) is 0 Å². The summed E-state index contributed by atoms with van der Waals surface area (Å²) in [7, 11) is 0. The first-order valence-corrected chi connectivity index (χ1v) is 7.00. The molecule has 0 N–H and O–H groups in total. The molecule has 1 saturated carbocycles. The summed E-state index contributed by atoms with van der Waals surface area (Å²) in [5.41, 5.74) is 1.08. The smallest absolute Gasteiger partial charge is 0.317 e. The highest BCUT2D eigenvalue weighted by atomic mass is 16.8. The summed E-state index contributed by atoms with van der Waals surface area (Å²) in [4.78, 5) is 12.4. The molecule has 2 aliphatic carbocycles. The van der Waals surface area contributed by atoms with Gasteiger partial charge in [-0.3, -0.25) is 4.79 Å². The minimum Gasteiger partial charge on any atom is -0.432 e. The predicted molar refractivity (Wildman–Crippen MR) is 65.6 cm³/mol. The highest BCUT2D eigenvalue weighted by molar-refractivity contribution is 5.83. The maximum atomic E-state index is 12.4. The molecular weight excluding hydrogens is 228 g/mol. The number of carbonyl (C=O) groups excluding carboxylic acids is 1. The van der Waals surface area contributed by atoms with E-state index in [9.17, 15) is 4.79 Å². The Kier molecular flexibility index (Phi) is 1.84. The van der Waals surface area contributed by atoms with Gasteiger partial charge in [0.05, 0.1) is 0 Å². The van der Waals surface area contributed by atoms with E-state index in [-0.39, 0.29) is 29.2 Å². The fourth-order valence-corrected chi connectivity index (χ4v) is 4.92. The highest BCUT2D eigenvalue weighted by Crippen LogP contribution is 2.69. The van der Waals surface area contributed by atoms with Crippen LogP contribution in [0.2, 0.25) is 0 Å². The maximum absolute atomic E-state index is 12.4. The van der Waals surface area contributed by atoms with Crippen LogP contribution in [-0.2, 0) is 14.3 Å². The van der Waals surface area contributed by atoms with Gasteiger partial charge in [0.1, 0.15) is 11.5 Å². The highest BCUT2D eigenvalue weighted by Gasteiger charge is 2.77. The Labute approximate surface area is 108 Å². The van der Waals surface area contributed by atoms with Gasteiger partial charge in [-0.2, -0.15) is 0 Å². The number of allylic oxidation sites excluding steroid dienone is 2. The van der Waals surface area contributed by atoms with Crippen molar-refractivity contribution in [2.75, 3.05) is 0 Å². The summed E-state index contributed by atoms with van der Waals surface area (Å²) in [6.45, 7) is 6.70. The monoisotopic (exact) mass is 248 g/mol. The minimum absolute atomic E-state index is 0.00537. The van der Waals surface area contributed by atoms with E-state index in [1.165, 1.54) is 18.4 Å². The van der Waals surface area contributed by atoms with Crippen LogP contribution in [0, 0.1) is 22.7 Å². The Morgan fingerprint density at radius 1 is 1.39 bits per heavy atom. The molecule has 1 spiro atoms. The predicted octanol–water partition coefficient (Wildman–Crippen LogP) is 2.66. The number of epoxide rings is 1. The van der Waals surface area contributed by atoms with Crippen LogP contribution in [0.15, 0.2) is 11.6 Å². The first kappa shape index (κ1) is 11.0. The lowest BCUT2D eigenvalue weighted by atomic mass is 9.62. The van der Waals surface area contributed by atoms with Crippen molar-refractivity contribution in [3.63, 3.8) is 0 Å². The molecule has 0 aromatic rings. The average Bonchev–Trinajstić information content (AvgIpc) is 2.93. The van der Waals surface area contributed by atoms with Gasteiger partial charge < -0.3 is 9.47 Å². The summed E-state index contributed by atoms with van der Waals surface area (Å²) < 4.78 is 10.9. The molecule has 0 aromatic carbocycles. The first-order valence-electron chi connectivity index (χ1n) is 7.00. The molecule has 3 fully saturated rings. The lowest BCUT2D eigenvalue weighted by Crippen LogP contribution is -2.45. The van der Waals surface area contributed by atoms with Crippen molar-refractivity contribution in [3.05, 3.63) is 11.6 Å². The molecule has 0 aromatic heterocycles. The van der Waals surface area contributed by atoms with Gasteiger partial charge >= 0.3 is 5.97 Å². The molecule has 2 aliphatic heterocycles. The Morgan fingerprint density at radius 2 is 2.17 bits per heavy atom. The molecule has 18 heavy (non-hydrogen) atoms. The van der Waals surface area contributed by atoms with E-state index >= 15 is 0 Å². The van der Waals surface area contributed by atoms with Crippen LogP contribution in [-0.4, -0.2) is 18.4 Å². The molecule has 98 valence electrons. The standard InChI is InChI=1S/C15H20O3/c1-8-4-5-10-9(6-8)7-15(14(10,2)3)11-12(17-11)18-13(15)16/h6,9-12H,4-5,7H2,1-3H3/t9-,10-,11-,12-,15+/m0/s1. The number of carbonyl (C=O) groups is 1. The largest absolute Gasteiger partial charge is 0.432 e. The fraction of sp³-hybridized carbons (Fsp3) is 0.800. The first-order chi connectivity index (χ1) is 8.47. The van der Waals surface area contributed by atoms with Gasteiger partial charge in [-0.15, -0.1) is 0 Å². The molecule has 3 nitrogen and oxygen atoms in total. The summed E-state index contributed by atoms with van der Waals surface area (Å²) in [5, 5.41) is 0. The summed E-state index contributed by atoms with van der Waals surface area (Å²) in [5.74, 6) is 1.12. The van der Waals surface area contributed by atoms with Crippen molar-refractivity contribution in [2.45, 2.75) is 52.4 Å². The Balaban J connectivity index is 1.80. The fourth-order valence-electron chi connectivity index (χ4n) is 4.92. The quantitative estimate of drug-likeness (QED) is 0.376. The normalized spacial score (nSPS) is 51.7. The van der Waals surface area contributed by atoms with Gasteiger partial charge in [0.2, 0.25) is 6.29 Å². The van der Waals surface area contributed by atoms with Crippen LogP contribution in [0.1, 0.15) is 40.0 Å². The summed E-state index contributed by atoms with van der Waals surface area (Å²) in [6.07, 6.45) is 5.48. The minimum atomic E-state index is -0.381. The lowest BCUT2D eigenvalue weighted by molar-refractivity contribution is -0.165. The third-order valence-corrected chi connectivity index (χ3v) is 6.02. The van der Waals surface area contributed by atoms with Gasteiger partial charge in [-0.05, 0) is 43.4 Å². The number of hydrogen-bond donors (Lipinski definition) is 0. The van der Waals surface area contributed by atoms with Gasteiger partial charge in [0, 0.05) is 0 Å². The molecule has 2 saturated heterocycles. The van der Waals surface area contributed by atoms with E-state index in [0.717, 1.165) is 6.42 Å². The molecule has 0 radical (unpaired) electrons. The van der Waals surface area contributed by atoms with Crippen LogP contribution in [0.3, 0.4) is 0 Å². The lowest BCUT2D eigenvalue weighted by Gasteiger charge is -2.40. The number of fused-ring (bicyclic) bond motifs is 3. The number of hydrogen-bond acceptors (Lipinski definition) is 3. The van der Waals surface area contributed by atoms with Crippen LogP contribution < -0.4 is 0 Å². The van der Waals surface area contributed by atoms with Crippen LogP contribution in [0.5, 0.6) is 0 Å². The van der Waals surface area contributed by atoms with Crippen LogP contribution in [0.25, 0.3) is 0 Å². The van der Waals surface area contributed by atoms with E-state index in [2.05, 4.69) is 26.8 Å². The SMILES string of the molecule is CC1=C[C@H]2C[C@@]3(C(=O)O[C@@H]4O[C@@H]43)C(C)(C)[C@H]2CC1. The second-order valence-electron chi connectivity index (χ2n) is 7.05. The van der Waals surface area contributed by atoms with E-state index in [1.807, 2.05) is 0 Å². The van der Waals surface area contributed by atoms with Crippen molar-refractivity contribution >= 4 is 5.97 Å². The summed E-state index contributed by atoms with van der Waals surface area (Å²) in [6, 6.07) is 0. The van der Waals surface area contributed by atoms with Crippen molar-refractivity contribution in [2.24, 2.45) is 22.7 Å². The van der Waals surface area contributed by atoms with Crippen molar-refractivity contribution in [1.29, 1.82) is 0 Å².